The number of carboxylic acid groups (broad SMARTS) is 1. The number of carbonyl (C=O) groups excluding carboxylic acids is 1. The van der Waals surface area contributed by atoms with E-state index in [0.29, 0.717) is 13.0 Å². The van der Waals surface area contributed by atoms with Crippen LogP contribution in [0, 0.1) is 0 Å². The maximum absolute atomic E-state index is 11.5. The number of ether oxygens (including phenoxy) is 2. The van der Waals surface area contributed by atoms with Gasteiger partial charge in [0.2, 0.25) is 0 Å². The fourth-order valence-electron chi connectivity index (χ4n) is 0.987. The summed E-state index contributed by atoms with van der Waals surface area (Å²) in [6.07, 6.45) is -0.137. The van der Waals surface area contributed by atoms with E-state index in [-0.39, 0.29) is 12.5 Å². The molecule has 2 unspecified atom stereocenters. The number of carboxylic acids is 1. The van der Waals surface area contributed by atoms with Crippen molar-refractivity contribution in [3.8, 4) is 0 Å². The second-order valence-electron chi connectivity index (χ2n) is 3.61. The zero-order valence-electron chi connectivity index (χ0n) is 10.1. The van der Waals surface area contributed by atoms with Crippen LogP contribution in [-0.2, 0) is 19.1 Å². The van der Waals surface area contributed by atoms with Crippen LogP contribution in [0.2, 0.25) is 0 Å². The van der Waals surface area contributed by atoms with E-state index in [4.69, 9.17) is 14.6 Å². The molecule has 0 spiro atoms. The maximum atomic E-state index is 11.5. The molecule has 16 heavy (non-hydrogen) atoms. The average molecular weight is 232 g/mol. The predicted octanol–water partition coefficient (Wildman–Crippen LogP) is 1.60. The van der Waals surface area contributed by atoms with Gasteiger partial charge in [-0.3, -0.25) is 4.79 Å². The van der Waals surface area contributed by atoms with E-state index >= 15 is 0 Å². The highest BCUT2D eigenvalue weighted by atomic mass is 16.6. The zero-order valence-corrected chi connectivity index (χ0v) is 10.1. The summed E-state index contributed by atoms with van der Waals surface area (Å²) in [7, 11) is 0. The normalized spacial score (nSPS) is 14.2. The van der Waals surface area contributed by atoms with Gasteiger partial charge in [0, 0.05) is 6.61 Å². The Kier molecular flexibility index (Phi) is 7.54. The number of hydrogen-bond donors (Lipinski definition) is 1. The van der Waals surface area contributed by atoms with Crippen LogP contribution in [0.25, 0.3) is 0 Å². The maximum Gasteiger partial charge on any atom is 0.336 e. The molecule has 0 aliphatic rings. The largest absolute Gasteiger partial charge is 0.481 e. The number of esters is 1. The van der Waals surface area contributed by atoms with Crippen molar-refractivity contribution in [2.75, 3.05) is 6.61 Å². The Morgan fingerprint density at radius 1 is 1.31 bits per heavy atom. The molecule has 0 radical (unpaired) electrons. The number of rotatable bonds is 8. The smallest absolute Gasteiger partial charge is 0.336 e. The van der Waals surface area contributed by atoms with E-state index in [2.05, 4.69) is 0 Å². The lowest BCUT2D eigenvalue weighted by atomic mass is 10.2. The molecule has 0 aliphatic carbocycles. The van der Waals surface area contributed by atoms with Crippen LogP contribution in [0.1, 0.15) is 40.0 Å². The highest BCUT2D eigenvalue weighted by Gasteiger charge is 2.24. The first kappa shape index (κ1) is 14.9. The predicted molar refractivity (Wildman–Crippen MR) is 58.1 cm³/mol. The van der Waals surface area contributed by atoms with Crippen LogP contribution >= 0.6 is 0 Å². The van der Waals surface area contributed by atoms with Crippen molar-refractivity contribution in [2.24, 2.45) is 0 Å². The second-order valence-corrected chi connectivity index (χ2v) is 3.61. The Bertz CT molecular complexity index is 226. The molecule has 0 heterocycles. The third-order valence-electron chi connectivity index (χ3n) is 2.04. The van der Waals surface area contributed by atoms with Gasteiger partial charge in [-0.1, -0.05) is 13.8 Å². The van der Waals surface area contributed by atoms with Crippen molar-refractivity contribution in [1.29, 1.82) is 0 Å². The molecule has 2 atom stereocenters. The fourth-order valence-corrected chi connectivity index (χ4v) is 0.987. The first-order valence-electron chi connectivity index (χ1n) is 5.55. The molecule has 5 heteroatoms. The summed E-state index contributed by atoms with van der Waals surface area (Å²) < 4.78 is 10.2. The van der Waals surface area contributed by atoms with E-state index in [1.165, 1.54) is 0 Å². The molecule has 0 aliphatic heterocycles. The molecule has 0 saturated heterocycles. The van der Waals surface area contributed by atoms with Crippen LogP contribution in [0.4, 0.5) is 0 Å². The molecular weight excluding hydrogens is 212 g/mol. The molecule has 0 fully saturated rings. The Hall–Kier alpha value is -1.10. The summed E-state index contributed by atoms with van der Waals surface area (Å²) in [4.78, 5) is 22.1. The fraction of sp³-hybridized carbons (Fsp3) is 0.818. The van der Waals surface area contributed by atoms with Gasteiger partial charge in [0.15, 0.2) is 6.10 Å². The van der Waals surface area contributed by atoms with Crippen molar-refractivity contribution in [3.63, 3.8) is 0 Å². The third-order valence-corrected chi connectivity index (χ3v) is 2.04. The van der Waals surface area contributed by atoms with Crippen molar-refractivity contribution in [2.45, 2.75) is 52.2 Å². The van der Waals surface area contributed by atoms with Crippen LogP contribution in [0.3, 0.4) is 0 Å². The van der Waals surface area contributed by atoms with Gasteiger partial charge in [0.25, 0.3) is 0 Å². The lowest BCUT2D eigenvalue weighted by molar-refractivity contribution is -0.166. The van der Waals surface area contributed by atoms with Gasteiger partial charge in [-0.25, -0.2) is 4.79 Å². The standard InChI is InChI=1S/C11H20O5/c1-4-6-15-9(7-10(12)13)11(14)16-8(3)5-2/h8-9H,4-7H2,1-3H3,(H,12,13). The highest BCUT2D eigenvalue weighted by molar-refractivity contribution is 5.81. The number of hydrogen-bond acceptors (Lipinski definition) is 4. The minimum atomic E-state index is -1.07. The summed E-state index contributed by atoms with van der Waals surface area (Å²) in [5, 5.41) is 8.64. The van der Waals surface area contributed by atoms with Gasteiger partial charge in [-0.15, -0.1) is 0 Å². The highest BCUT2D eigenvalue weighted by Crippen LogP contribution is 2.06. The monoisotopic (exact) mass is 232 g/mol. The van der Waals surface area contributed by atoms with Crippen molar-refractivity contribution >= 4 is 11.9 Å². The first-order chi connectivity index (χ1) is 7.51. The quantitative estimate of drug-likeness (QED) is 0.643. The Morgan fingerprint density at radius 2 is 1.94 bits per heavy atom. The lowest BCUT2D eigenvalue weighted by Gasteiger charge is -2.17. The molecule has 0 bridgehead atoms. The van der Waals surface area contributed by atoms with Crippen molar-refractivity contribution in [1.82, 2.24) is 0 Å². The molecule has 5 nitrogen and oxygen atoms in total. The SMILES string of the molecule is CCCOC(CC(=O)O)C(=O)OC(C)CC. The summed E-state index contributed by atoms with van der Waals surface area (Å²) >= 11 is 0. The summed E-state index contributed by atoms with van der Waals surface area (Å²) in [6.45, 7) is 5.89. The van der Waals surface area contributed by atoms with E-state index in [1.54, 1.807) is 6.92 Å². The first-order valence-corrected chi connectivity index (χ1v) is 5.55. The molecular formula is C11H20O5. The molecule has 1 N–H and O–H groups in total. The summed E-state index contributed by atoms with van der Waals surface area (Å²) in [5.74, 6) is -1.66. The minimum absolute atomic E-state index is 0.214. The van der Waals surface area contributed by atoms with E-state index in [9.17, 15) is 9.59 Å². The van der Waals surface area contributed by atoms with Crippen LogP contribution < -0.4 is 0 Å². The molecule has 0 saturated carbocycles. The Morgan fingerprint density at radius 3 is 2.38 bits per heavy atom. The topological polar surface area (TPSA) is 72.8 Å². The van der Waals surface area contributed by atoms with E-state index < -0.39 is 18.0 Å². The Labute approximate surface area is 95.7 Å². The lowest BCUT2D eigenvalue weighted by Crippen LogP contribution is -2.31. The minimum Gasteiger partial charge on any atom is -0.481 e. The van der Waals surface area contributed by atoms with Gasteiger partial charge in [-0.05, 0) is 19.8 Å². The van der Waals surface area contributed by atoms with Gasteiger partial charge in [0.05, 0.1) is 12.5 Å². The number of carbonyl (C=O) groups is 2. The van der Waals surface area contributed by atoms with Gasteiger partial charge in [-0.2, -0.15) is 0 Å². The number of aliphatic carboxylic acids is 1. The van der Waals surface area contributed by atoms with Gasteiger partial charge < -0.3 is 14.6 Å². The molecule has 0 rings (SSSR count). The van der Waals surface area contributed by atoms with Gasteiger partial charge >= 0.3 is 11.9 Å². The third kappa shape index (κ3) is 6.40. The average Bonchev–Trinajstić information content (AvgIpc) is 2.23. The molecule has 0 aromatic heterocycles. The molecule has 0 aromatic carbocycles. The van der Waals surface area contributed by atoms with E-state index in [0.717, 1.165) is 6.42 Å². The summed E-state index contributed by atoms with van der Waals surface area (Å²) in [6, 6.07) is 0. The van der Waals surface area contributed by atoms with Crippen molar-refractivity contribution in [3.05, 3.63) is 0 Å². The second kappa shape index (κ2) is 8.10. The van der Waals surface area contributed by atoms with Crippen LogP contribution in [0.5, 0.6) is 0 Å². The summed E-state index contributed by atoms with van der Waals surface area (Å²) in [5.41, 5.74) is 0. The van der Waals surface area contributed by atoms with E-state index in [1.807, 2.05) is 13.8 Å². The van der Waals surface area contributed by atoms with Gasteiger partial charge in [0.1, 0.15) is 0 Å². The van der Waals surface area contributed by atoms with Crippen molar-refractivity contribution < 1.29 is 24.2 Å². The van der Waals surface area contributed by atoms with Crippen LogP contribution in [0.15, 0.2) is 0 Å². The molecule has 94 valence electrons. The Balaban J connectivity index is 4.25. The van der Waals surface area contributed by atoms with Crippen LogP contribution in [-0.4, -0.2) is 35.9 Å². The zero-order chi connectivity index (χ0) is 12.6. The molecule has 0 amide bonds. The molecule has 0 aromatic rings.